The highest BCUT2D eigenvalue weighted by Crippen LogP contribution is 2.18. The van der Waals surface area contributed by atoms with Crippen molar-refractivity contribution < 1.29 is 18.7 Å². The molecule has 2 aromatic carbocycles. The molecule has 0 bridgehead atoms. The lowest BCUT2D eigenvalue weighted by Crippen LogP contribution is -2.43. The van der Waals surface area contributed by atoms with E-state index in [0.717, 1.165) is 30.6 Å². The summed E-state index contributed by atoms with van der Waals surface area (Å²) in [6, 6.07) is 13.0. The van der Waals surface area contributed by atoms with Crippen LogP contribution in [0.1, 0.15) is 31.7 Å². The minimum atomic E-state index is -0.405. The molecule has 1 atom stereocenters. The van der Waals surface area contributed by atoms with Crippen molar-refractivity contribution in [2.75, 3.05) is 31.6 Å². The number of carbonyl (C=O) groups is 2. The molecule has 0 saturated carbocycles. The Hall–Kier alpha value is -3.35. The molecule has 0 aromatic heterocycles. The summed E-state index contributed by atoms with van der Waals surface area (Å²) >= 11 is 0. The smallest absolute Gasteiger partial charge is 0.319 e. The molecule has 0 radical (unpaired) electrons. The number of likely N-dealkylation sites (tertiary alicyclic amines) is 1. The monoisotopic (exact) mass is 439 g/mol. The van der Waals surface area contributed by atoms with Gasteiger partial charge in [0, 0.05) is 31.4 Å². The number of rotatable bonds is 8. The number of halogens is 1. The fourth-order valence-corrected chi connectivity index (χ4v) is 3.58. The Morgan fingerprint density at radius 3 is 2.78 bits per heavy atom. The first kappa shape index (κ1) is 23.3. The van der Waals surface area contributed by atoms with Gasteiger partial charge in [0.1, 0.15) is 11.6 Å². The van der Waals surface area contributed by atoms with E-state index in [1.807, 2.05) is 29.2 Å². The van der Waals surface area contributed by atoms with E-state index < -0.39 is 5.82 Å². The Morgan fingerprint density at radius 2 is 2.03 bits per heavy atom. The van der Waals surface area contributed by atoms with Crippen molar-refractivity contribution in [2.45, 2.75) is 26.2 Å². The summed E-state index contributed by atoms with van der Waals surface area (Å²) in [7, 11) is 0. The van der Waals surface area contributed by atoms with Crippen LogP contribution >= 0.6 is 0 Å². The first-order valence-electron chi connectivity index (χ1n) is 11.0. The average molecular weight is 440 g/mol. The molecule has 0 aliphatic carbocycles. The minimum Gasteiger partial charge on any atom is -0.494 e. The highest BCUT2D eigenvalue weighted by Gasteiger charge is 2.22. The van der Waals surface area contributed by atoms with E-state index in [-0.39, 0.29) is 17.9 Å². The van der Waals surface area contributed by atoms with Gasteiger partial charge in [-0.25, -0.2) is 9.18 Å². The van der Waals surface area contributed by atoms with Gasteiger partial charge in [0.15, 0.2) is 0 Å². The molecule has 1 heterocycles. The van der Waals surface area contributed by atoms with Crippen LogP contribution in [0.5, 0.6) is 5.75 Å². The molecule has 1 unspecified atom stereocenters. The topological polar surface area (TPSA) is 70.7 Å². The Balaban J connectivity index is 1.44. The van der Waals surface area contributed by atoms with Crippen LogP contribution in [-0.4, -0.2) is 43.1 Å². The molecule has 1 aliphatic rings. The summed E-state index contributed by atoms with van der Waals surface area (Å²) < 4.78 is 18.8. The van der Waals surface area contributed by atoms with Crippen LogP contribution in [0.4, 0.5) is 14.9 Å². The van der Waals surface area contributed by atoms with E-state index >= 15 is 0 Å². The zero-order valence-electron chi connectivity index (χ0n) is 18.4. The Kier molecular flexibility index (Phi) is 8.66. The summed E-state index contributed by atoms with van der Waals surface area (Å²) in [5.41, 5.74) is 1.34. The van der Waals surface area contributed by atoms with Crippen LogP contribution in [0, 0.1) is 11.7 Å². The predicted octanol–water partition coefficient (Wildman–Crippen LogP) is 4.69. The van der Waals surface area contributed by atoms with Crippen LogP contribution in [0.25, 0.3) is 6.08 Å². The van der Waals surface area contributed by atoms with Crippen molar-refractivity contribution in [2.24, 2.45) is 5.92 Å². The molecule has 6 nitrogen and oxygen atoms in total. The van der Waals surface area contributed by atoms with Gasteiger partial charge in [-0.3, -0.25) is 4.79 Å². The molecule has 1 saturated heterocycles. The summed E-state index contributed by atoms with van der Waals surface area (Å²) in [5.74, 6) is 0.556. The fourth-order valence-electron chi connectivity index (χ4n) is 3.58. The van der Waals surface area contributed by atoms with E-state index in [2.05, 4.69) is 17.6 Å². The van der Waals surface area contributed by atoms with Crippen molar-refractivity contribution in [1.82, 2.24) is 10.2 Å². The number of carbonyl (C=O) groups excluding carboxylic acids is 2. The van der Waals surface area contributed by atoms with Gasteiger partial charge in [-0.05, 0) is 67.2 Å². The molecule has 7 heteroatoms. The van der Waals surface area contributed by atoms with E-state index in [0.29, 0.717) is 31.9 Å². The lowest BCUT2D eigenvalue weighted by molar-refractivity contribution is -0.127. The van der Waals surface area contributed by atoms with Crippen LogP contribution in [-0.2, 0) is 4.79 Å². The molecular weight excluding hydrogens is 409 g/mol. The molecular formula is C25H30FN3O3. The normalized spacial score (nSPS) is 16.1. The summed E-state index contributed by atoms with van der Waals surface area (Å²) in [5, 5.41) is 5.44. The summed E-state index contributed by atoms with van der Waals surface area (Å²) in [6.07, 6.45) is 6.18. The highest BCUT2D eigenvalue weighted by atomic mass is 19.1. The lowest BCUT2D eigenvalue weighted by atomic mass is 9.98. The lowest BCUT2D eigenvalue weighted by Gasteiger charge is -2.32. The van der Waals surface area contributed by atoms with Crippen LogP contribution in [0.15, 0.2) is 54.6 Å². The summed E-state index contributed by atoms with van der Waals surface area (Å²) in [4.78, 5) is 26.5. The van der Waals surface area contributed by atoms with Gasteiger partial charge in [-0.15, -0.1) is 0 Å². The SMILES string of the molecule is CCCOc1ccc(/C=C/C(=O)N2CCCC(CNC(=O)Nc3cccc(F)c3)C2)cc1. The quantitative estimate of drug-likeness (QED) is 0.587. The van der Waals surface area contributed by atoms with Gasteiger partial charge in [-0.1, -0.05) is 25.1 Å². The first-order chi connectivity index (χ1) is 15.5. The van der Waals surface area contributed by atoms with E-state index in [1.54, 1.807) is 18.2 Å². The minimum absolute atomic E-state index is 0.0368. The van der Waals surface area contributed by atoms with Crippen molar-refractivity contribution in [3.63, 3.8) is 0 Å². The molecule has 1 fully saturated rings. The third-order valence-electron chi connectivity index (χ3n) is 5.24. The van der Waals surface area contributed by atoms with Crippen LogP contribution in [0.2, 0.25) is 0 Å². The van der Waals surface area contributed by atoms with Crippen molar-refractivity contribution >= 4 is 23.7 Å². The van der Waals surface area contributed by atoms with Crippen LogP contribution in [0.3, 0.4) is 0 Å². The number of benzene rings is 2. The summed E-state index contributed by atoms with van der Waals surface area (Å²) in [6.45, 7) is 4.50. The zero-order chi connectivity index (χ0) is 22.8. The third-order valence-corrected chi connectivity index (χ3v) is 5.24. The second-order valence-electron chi connectivity index (χ2n) is 7.89. The Bertz CT molecular complexity index is 930. The average Bonchev–Trinajstić information content (AvgIpc) is 2.81. The fraction of sp³-hybridized carbons (Fsp3) is 0.360. The maximum Gasteiger partial charge on any atom is 0.319 e. The second kappa shape index (κ2) is 11.9. The molecule has 3 amide bonds. The second-order valence-corrected chi connectivity index (χ2v) is 7.89. The van der Waals surface area contributed by atoms with Crippen LogP contribution < -0.4 is 15.4 Å². The van der Waals surface area contributed by atoms with Gasteiger partial charge in [0.2, 0.25) is 5.91 Å². The van der Waals surface area contributed by atoms with Gasteiger partial charge >= 0.3 is 6.03 Å². The number of urea groups is 1. The Labute approximate surface area is 188 Å². The molecule has 2 aromatic rings. The number of piperidine rings is 1. The van der Waals surface area contributed by atoms with Crippen molar-refractivity contribution in [3.8, 4) is 5.75 Å². The van der Waals surface area contributed by atoms with Gasteiger partial charge in [0.05, 0.1) is 6.61 Å². The van der Waals surface area contributed by atoms with E-state index in [4.69, 9.17) is 4.74 Å². The highest BCUT2D eigenvalue weighted by molar-refractivity contribution is 5.92. The Morgan fingerprint density at radius 1 is 1.22 bits per heavy atom. The first-order valence-corrected chi connectivity index (χ1v) is 11.0. The number of hydrogen-bond acceptors (Lipinski definition) is 3. The van der Waals surface area contributed by atoms with Crippen molar-refractivity contribution in [1.29, 1.82) is 0 Å². The predicted molar refractivity (Wildman–Crippen MR) is 124 cm³/mol. The zero-order valence-corrected chi connectivity index (χ0v) is 18.4. The van der Waals surface area contributed by atoms with Gasteiger partial charge < -0.3 is 20.3 Å². The number of hydrogen-bond donors (Lipinski definition) is 2. The molecule has 3 rings (SSSR count). The number of nitrogens with one attached hydrogen (secondary N) is 2. The van der Waals surface area contributed by atoms with E-state index in [9.17, 15) is 14.0 Å². The maximum atomic E-state index is 13.2. The van der Waals surface area contributed by atoms with Gasteiger partial charge in [-0.2, -0.15) is 0 Å². The number of ether oxygens (including phenoxy) is 1. The molecule has 170 valence electrons. The third kappa shape index (κ3) is 7.41. The molecule has 0 spiro atoms. The number of nitrogens with zero attached hydrogens (tertiary/aromatic N) is 1. The van der Waals surface area contributed by atoms with Crippen molar-refractivity contribution in [3.05, 3.63) is 66.0 Å². The maximum absolute atomic E-state index is 13.2. The largest absolute Gasteiger partial charge is 0.494 e. The number of anilines is 1. The number of amides is 3. The van der Waals surface area contributed by atoms with E-state index in [1.165, 1.54) is 18.2 Å². The molecule has 1 aliphatic heterocycles. The standard InChI is InChI=1S/C25H30FN3O3/c1-2-15-32-23-11-8-19(9-12-23)10-13-24(30)29-14-4-5-20(18-29)17-27-25(31)28-22-7-3-6-21(26)16-22/h3,6-13,16,20H,2,4-5,14-15,17-18H2,1H3,(H2,27,28,31)/b13-10+. The van der Waals surface area contributed by atoms with Gasteiger partial charge in [0.25, 0.3) is 0 Å². The molecule has 32 heavy (non-hydrogen) atoms. The molecule has 2 N–H and O–H groups in total.